The number of carboxylic acid groups (broad SMARTS) is 1. The van der Waals surface area contributed by atoms with Crippen LogP contribution >= 0.6 is 0 Å². The van der Waals surface area contributed by atoms with E-state index in [9.17, 15) is 19.5 Å². The number of fused-ring (bicyclic) bond motifs is 4. The van der Waals surface area contributed by atoms with Gasteiger partial charge >= 0.3 is 12.1 Å². The van der Waals surface area contributed by atoms with Crippen molar-refractivity contribution in [1.82, 2.24) is 10.2 Å². The third kappa shape index (κ3) is 3.46. The molecule has 3 unspecified atom stereocenters. The zero-order chi connectivity index (χ0) is 22.7. The lowest BCUT2D eigenvalue weighted by molar-refractivity contribution is -0.141. The number of nitrogens with one attached hydrogen (secondary N) is 1. The van der Waals surface area contributed by atoms with Crippen LogP contribution in [0.1, 0.15) is 29.9 Å². The van der Waals surface area contributed by atoms with Gasteiger partial charge in [0, 0.05) is 19.0 Å². The van der Waals surface area contributed by atoms with Crippen molar-refractivity contribution < 1.29 is 24.2 Å². The second kappa shape index (κ2) is 7.61. The highest BCUT2D eigenvalue weighted by Gasteiger charge is 2.61. The van der Waals surface area contributed by atoms with Crippen molar-refractivity contribution >= 4 is 18.0 Å². The maximum absolute atomic E-state index is 13.1. The number of rotatable bonds is 6. The summed E-state index contributed by atoms with van der Waals surface area (Å²) in [4.78, 5) is 38.8. The standard InChI is InChI=1S/C26H26N2O5/c29-24(28-11-19-20(12-28)22(19)25(30)31)23(14-9-10-14)27-26(32)33-13-21-17-7-3-1-5-15(17)16-6-2-4-8-18(16)21/h1-8,14,19-23H,9-13H2,(H,27,32)(H,30,31). The van der Waals surface area contributed by atoms with E-state index in [0.29, 0.717) is 13.1 Å². The molecular formula is C26H26N2O5. The van der Waals surface area contributed by atoms with E-state index < -0.39 is 18.1 Å². The summed E-state index contributed by atoms with van der Waals surface area (Å²) in [6.45, 7) is 1.14. The Morgan fingerprint density at radius 1 is 0.970 bits per heavy atom. The quantitative estimate of drug-likeness (QED) is 0.711. The Kier molecular flexibility index (Phi) is 4.67. The van der Waals surface area contributed by atoms with Crippen molar-refractivity contribution in [3.63, 3.8) is 0 Å². The average molecular weight is 447 g/mol. The molecule has 0 aromatic heterocycles. The van der Waals surface area contributed by atoms with E-state index in [0.717, 1.165) is 24.0 Å². The first kappa shape index (κ1) is 20.3. The van der Waals surface area contributed by atoms with Crippen molar-refractivity contribution in [2.75, 3.05) is 19.7 Å². The smallest absolute Gasteiger partial charge is 0.407 e. The molecule has 0 radical (unpaired) electrons. The van der Waals surface area contributed by atoms with E-state index in [4.69, 9.17) is 4.74 Å². The van der Waals surface area contributed by atoms with Gasteiger partial charge in [0.05, 0.1) is 5.92 Å². The second-order valence-corrected chi connectivity index (χ2v) is 9.72. The van der Waals surface area contributed by atoms with Crippen molar-refractivity contribution in [3.05, 3.63) is 59.7 Å². The van der Waals surface area contributed by atoms with Crippen LogP contribution in [0.15, 0.2) is 48.5 Å². The summed E-state index contributed by atoms with van der Waals surface area (Å²) in [5.74, 6) is -0.984. The van der Waals surface area contributed by atoms with Gasteiger partial charge in [-0.15, -0.1) is 0 Å². The molecule has 2 amide bonds. The summed E-state index contributed by atoms with van der Waals surface area (Å²) in [5.41, 5.74) is 4.62. The number of carbonyl (C=O) groups excluding carboxylic acids is 2. The summed E-state index contributed by atoms with van der Waals surface area (Å²) in [6.07, 6.45) is 1.23. The third-order valence-electron chi connectivity index (χ3n) is 7.77. The molecule has 0 bridgehead atoms. The number of benzene rings is 2. The third-order valence-corrected chi connectivity index (χ3v) is 7.77. The predicted molar refractivity (Wildman–Crippen MR) is 119 cm³/mol. The highest BCUT2D eigenvalue weighted by atomic mass is 16.5. The van der Waals surface area contributed by atoms with Gasteiger partial charge in [0.25, 0.3) is 0 Å². The lowest BCUT2D eigenvalue weighted by atomic mass is 9.98. The minimum Gasteiger partial charge on any atom is -0.481 e. The van der Waals surface area contributed by atoms with Gasteiger partial charge in [-0.2, -0.15) is 0 Å². The first-order valence-corrected chi connectivity index (χ1v) is 11.7. The molecular weight excluding hydrogens is 420 g/mol. The molecule has 3 atom stereocenters. The number of ether oxygens (including phenoxy) is 1. The Balaban J connectivity index is 1.10. The maximum atomic E-state index is 13.1. The van der Waals surface area contributed by atoms with Crippen LogP contribution in [0, 0.1) is 23.7 Å². The van der Waals surface area contributed by atoms with Gasteiger partial charge in [-0.25, -0.2) is 4.79 Å². The number of amides is 2. The molecule has 1 saturated heterocycles. The van der Waals surface area contributed by atoms with Gasteiger partial charge in [0.1, 0.15) is 12.6 Å². The number of hydrogen-bond acceptors (Lipinski definition) is 4. The Labute approximate surface area is 191 Å². The molecule has 7 nitrogen and oxygen atoms in total. The molecule has 3 aliphatic carbocycles. The second-order valence-electron chi connectivity index (χ2n) is 9.72. The molecule has 2 aromatic carbocycles. The molecule has 2 saturated carbocycles. The molecule has 0 spiro atoms. The fourth-order valence-corrected chi connectivity index (χ4v) is 5.85. The van der Waals surface area contributed by atoms with Crippen LogP contribution in [-0.4, -0.2) is 53.7 Å². The maximum Gasteiger partial charge on any atom is 0.407 e. The summed E-state index contributed by atoms with van der Waals surface area (Å²) in [7, 11) is 0. The van der Waals surface area contributed by atoms with Gasteiger partial charge in [-0.1, -0.05) is 48.5 Å². The Bertz CT molecular complexity index is 1090. The van der Waals surface area contributed by atoms with Crippen molar-refractivity contribution in [3.8, 4) is 11.1 Å². The normalized spacial score (nSPS) is 25.6. The summed E-state index contributed by atoms with van der Waals surface area (Å²) < 4.78 is 5.64. The molecule has 33 heavy (non-hydrogen) atoms. The molecule has 4 aliphatic rings. The number of carbonyl (C=O) groups is 3. The van der Waals surface area contributed by atoms with E-state index in [2.05, 4.69) is 29.6 Å². The van der Waals surface area contributed by atoms with Crippen LogP contribution in [-0.2, 0) is 14.3 Å². The lowest BCUT2D eigenvalue weighted by Crippen LogP contribution is -2.50. The molecule has 3 fully saturated rings. The van der Waals surface area contributed by atoms with Gasteiger partial charge < -0.3 is 20.1 Å². The number of carboxylic acids is 1. The van der Waals surface area contributed by atoms with E-state index >= 15 is 0 Å². The van der Waals surface area contributed by atoms with Gasteiger partial charge in [-0.05, 0) is 52.8 Å². The monoisotopic (exact) mass is 446 g/mol. The van der Waals surface area contributed by atoms with Gasteiger partial charge in [0.2, 0.25) is 5.91 Å². The molecule has 1 aliphatic heterocycles. The highest BCUT2D eigenvalue weighted by molar-refractivity contribution is 5.87. The highest BCUT2D eigenvalue weighted by Crippen LogP contribution is 2.52. The van der Waals surface area contributed by atoms with Crippen molar-refractivity contribution in [2.24, 2.45) is 23.7 Å². The van der Waals surface area contributed by atoms with Crippen LogP contribution < -0.4 is 5.32 Å². The van der Waals surface area contributed by atoms with Crippen LogP contribution in [0.3, 0.4) is 0 Å². The topological polar surface area (TPSA) is 95.9 Å². The van der Waals surface area contributed by atoms with Crippen LogP contribution in [0.5, 0.6) is 0 Å². The first-order chi connectivity index (χ1) is 16.0. The number of likely N-dealkylation sites (tertiary alicyclic amines) is 1. The van der Waals surface area contributed by atoms with Crippen LogP contribution in [0.2, 0.25) is 0 Å². The summed E-state index contributed by atoms with van der Waals surface area (Å²) >= 11 is 0. The minimum atomic E-state index is -0.771. The van der Waals surface area contributed by atoms with Crippen molar-refractivity contribution in [2.45, 2.75) is 24.8 Å². The number of piperidine rings is 1. The Morgan fingerprint density at radius 3 is 2.09 bits per heavy atom. The van der Waals surface area contributed by atoms with E-state index in [-0.39, 0.29) is 42.1 Å². The predicted octanol–water partition coefficient (Wildman–Crippen LogP) is 3.09. The number of hydrogen-bond donors (Lipinski definition) is 2. The molecule has 170 valence electrons. The van der Waals surface area contributed by atoms with E-state index in [1.54, 1.807) is 4.90 Å². The number of nitrogens with zero attached hydrogens (tertiary/aromatic N) is 1. The molecule has 7 heteroatoms. The zero-order valence-corrected chi connectivity index (χ0v) is 18.1. The van der Waals surface area contributed by atoms with Gasteiger partial charge in [0.15, 0.2) is 0 Å². The Morgan fingerprint density at radius 2 is 1.55 bits per heavy atom. The minimum absolute atomic E-state index is 0.0307. The SMILES string of the molecule is O=C(NC(C(=O)N1CC2C(C1)C2C(=O)O)C1CC1)OCC1c2ccccc2-c2ccccc21. The largest absolute Gasteiger partial charge is 0.481 e. The molecule has 2 aromatic rings. The lowest BCUT2D eigenvalue weighted by Gasteiger charge is -2.26. The van der Waals surface area contributed by atoms with Crippen LogP contribution in [0.25, 0.3) is 11.1 Å². The van der Waals surface area contributed by atoms with Gasteiger partial charge in [-0.3, -0.25) is 9.59 Å². The fraction of sp³-hybridized carbons (Fsp3) is 0.423. The van der Waals surface area contributed by atoms with Crippen LogP contribution in [0.4, 0.5) is 4.79 Å². The van der Waals surface area contributed by atoms with E-state index in [1.165, 1.54) is 11.1 Å². The summed E-state index contributed by atoms with van der Waals surface area (Å²) in [5, 5.41) is 12.0. The van der Waals surface area contributed by atoms with Crippen molar-refractivity contribution in [1.29, 1.82) is 0 Å². The van der Waals surface area contributed by atoms with E-state index in [1.807, 2.05) is 24.3 Å². The number of alkyl carbamates (subject to hydrolysis) is 1. The molecule has 2 N–H and O–H groups in total. The summed E-state index contributed by atoms with van der Waals surface area (Å²) in [6, 6.07) is 15.7. The Hall–Kier alpha value is -3.35. The first-order valence-electron chi connectivity index (χ1n) is 11.7. The number of aliphatic carboxylic acids is 1. The molecule has 1 heterocycles. The fourth-order valence-electron chi connectivity index (χ4n) is 5.85. The average Bonchev–Trinajstić information content (AvgIpc) is 3.72. The zero-order valence-electron chi connectivity index (χ0n) is 18.1. The molecule has 6 rings (SSSR count).